The summed E-state index contributed by atoms with van der Waals surface area (Å²) in [5.41, 5.74) is 3.69. The topological polar surface area (TPSA) is 115 Å². The van der Waals surface area contributed by atoms with E-state index >= 15 is 0 Å². The quantitative estimate of drug-likeness (QED) is 0.672. The highest BCUT2D eigenvalue weighted by molar-refractivity contribution is 7.90. The Bertz CT molecular complexity index is 1150. The van der Waals surface area contributed by atoms with Crippen LogP contribution in [0.1, 0.15) is 0 Å². The maximum absolute atomic E-state index is 12.6. The van der Waals surface area contributed by atoms with Crippen LogP contribution in [0, 0.1) is 0 Å². The highest BCUT2D eigenvalue weighted by Gasteiger charge is 2.24. The number of rotatable bonds is 2. The second kappa shape index (κ2) is 5.25. The molecule has 0 saturated carbocycles. The Morgan fingerprint density at radius 3 is 2.48 bits per heavy atom. The molecule has 118 valence electrons. The van der Waals surface area contributed by atoms with Crippen molar-refractivity contribution in [2.75, 3.05) is 5.73 Å². The van der Waals surface area contributed by atoms with Crippen molar-refractivity contribution in [3.05, 3.63) is 68.3 Å². The Balaban J connectivity index is 2.42. The Labute approximate surface area is 135 Å². The molecule has 0 aliphatic carbocycles. The molecule has 0 bridgehead atoms. The van der Waals surface area contributed by atoms with Crippen molar-refractivity contribution >= 4 is 38.2 Å². The summed E-state index contributed by atoms with van der Waals surface area (Å²) in [5.74, 6) is 0. The van der Waals surface area contributed by atoms with Crippen LogP contribution in [-0.4, -0.2) is 17.4 Å². The SMILES string of the molecule is Nc1ccccc1S(=O)(=O)n1c(=O)[nH]c2cc(Cl)ccc2c1=O. The molecule has 0 fully saturated rings. The van der Waals surface area contributed by atoms with E-state index in [1.165, 1.54) is 36.4 Å². The molecule has 0 radical (unpaired) electrons. The van der Waals surface area contributed by atoms with Crippen molar-refractivity contribution in [1.29, 1.82) is 0 Å². The minimum atomic E-state index is -4.43. The van der Waals surface area contributed by atoms with E-state index in [9.17, 15) is 18.0 Å². The van der Waals surface area contributed by atoms with Crippen molar-refractivity contribution in [3.8, 4) is 0 Å². The third kappa shape index (κ3) is 2.41. The number of nitrogens with one attached hydrogen (secondary N) is 1. The monoisotopic (exact) mass is 351 g/mol. The molecular weight excluding hydrogens is 342 g/mol. The minimum absolute atomic E-state index is 0.0204. The Morgan fingerprint density at radius 2 is 1.78 bits per heavy atom. The van der Waals surface area contributed by atoms with Crippen LogP contribution in [0.2, 0.25) is 5.02 Å². The third-order valence-electron chi connectivity index (χ3n) is 3.26. The van der Waals surface area contributed by atoms with Crippen molar-refractivity contribution in [2.45, 2.75) is 4.90 Å². The normalized spacial score (nSPS) is 11.7. The fraction of sp³-hybridized carbons (Fsp3) is 0. The molecule has 0 atom stereocenters. The summed E-state index contributed by atoms with van der Waals surface area (Å²) in [5, 5.41) is 0.326. The van der Waals surface area contributed by atoms with Gasteiger partial charge < -0.3 is 10.7 Å². The van der Waals surface area contributed by atoms with Crippen molar-refractivity contribution in [2.24, 2.45) is 0 Å². The molecule has 3 rings (SSSR count). The van der Waals surface area contributed by atoms with Gasteiger partial charge in [-0.2, -0.15) is 0 Å². The van der Waals surface area contributed by atoms with Crippen LogP contribution >= 0.6 is 11.6 Å². The summed E-state index contributed by atoms with van der Waals surface area (Å²) in [7, 11) is -4.43. The van der Waals surface area contributed by atoms with Crippen molar-refractivity contribution in [1.82, 2.24) is 8.96 Å². The van der Waals surface area contributed by atoms with Crippen LogP contribution in [0.5, 0.6) is 0 Å². The smallest absolute Gasteiger partial charge is 0.343 e. The Hall–Kier alpha value is -2.58. The van der Waals surface area contributed by atoms with Crippen LogP contribution < -0.4 is 17.0 Å². The number of aromatic amines is 1. The van der Waals surface area contributed by atoms with Gasteiger partial charge in [-0.25, -0.2) is 13.2 Å². The lowest BCUT2D eigenvalue weighted by Gasteiger charge is -2.09. The maximum atomic E-state index is 12.6. The first-order chi connectivity index (χ1) is 10.8. The molecule has 0 spiro atoms. The van der Waals surface area contributed by atoms with Gasteiger partial charge in [0.25, 0.3) is 15.6 Å². The molecule has 1 heterocycles. The number of nitrogens with two attached hydrogens (primary N) is 1. The first-order valence-electron chi connectivity index (χ1n) is 6.37. The van der Waals surface area contributed by atoms with E-state index in [-0.39, 0.29) is 25.5 Å². The van der Waals surface area contributed by atoms with Gasteiger partial charge in [-0.05, 0) is 30.3 Å². The predicted molar refractivity (Wildman–Crippen MR) is 87.3 cm³/mol. The average molecular weight is 352 g/mol. The van der Waals surface area contributed by atoms with Gasteiger partial charge in [-0.3, -0.25) is 4.79 Å². The van der Waals surface area contributed by atoms with Crippen LogP contribution in [0.3, 0.4) is 0 Å². The molecule has 3 N–H and O–H groups in total. The molecule has 3 aromatic rings. The molecular formula is C14H10ClN3O4S. The molecule has 0 saturated heterocycles. The van der Waals surface area contributed by atoms with Crippen molar-refractivity contribution < 1.29 is 8.42 Å². The summed E-state index contributed by atoms with van der Waals surface area (Å²) in [4.78, 5) is 26.6. The van der Waals surface area contributed by atoms with Gasteiger partial charge in [-0.1, -0.05) is 23.7 Å². The van der Waals surface area contributed by atoms with Crippen LogP contribution in [-0.2, 0) is 10.0 Å². The van der Waals surface area contributed by atoms with E-state index < -0.39 is 21.3 Å². The number of nitrogen functional groups attached to an aromatic ring is 1. The molecule has 0 unspecified atom stereocenters. The van der Waals surface area contributed by atoms with Crippen LogP contribution in [0.15, 0.2) is 56.9 Å². The summed E-state index contributed by atoms with van der Waals surface area (Å²) >= 11 is 5.80. The number of nitrogens with zero attached hydrogens (tertiary/aromatic N) is 1. The number of aromatic nitrogens is 2. The van der Waals surface area contributed by atoms with Gasteiger partial charge in [-0.15, -0.1) is 3.97 Å². The lowest BCUT2D eigenvalue weighted by Crippen LogP contribution is -2.40. The number of anilines is 1. The number of hydrogen-bond acceptors (Lipinski definition) is 5. The standard InChI is InChI=1S/C14H10ClN3O4S/c15-8-5-6-9-11(7-8)17-14(20)18(13(9)19)23(21,22)12-4-2-1-3-10(12)16/h1-7H,16H2,(H,17,20). The molecule has 1 aromatic heterocycles. The zero-order chi connectivity index (χ0) is 16.8. The fourth-order valence-corrected chi connectivity index (χ4v) is 3.77. The van der Waals surface area contributed by atoms with Crippen LogP contribution in [0.25, 0.3) is 10.9 Å². The van der Waals surface area contributed by atoms with E-state index in [1.54, 1.807) is 6.07 Å². The molecule has 2 aromatic carbocycles. The maximum Gasteiger partial charge on any atom is 0.343 e. The molecule has 0 aliphatic heterocycles. The molecule has 0 amide bonds. The van der Waals surface area contributed by atoms with Gasteiger partial charge in [0.15, 0.2) is 0 Å². The summed E-state index contributed by atoms with van der Waals surface area (Å²) in [6.07, 6.45) is 0. The Morgan fingerprint density at radius 1 is 1.09 bits per heavy atom. The number of H-pyrrole nitrogens is 1. The average Bonchev–Trinajstić information content (AvgIpc) is 2.46. The van der Waals surface area contributed by atoms with Gasteiger partial charge in [0.05, 0.1) is 16.6 Å². The number of para-hydroxylation sites is 1. The van der Waals surface area contributed by atoms with E-state index in [0.717, 1.165) is 0 Å². The van der Waals surface area contributed by atoms with Gasteiger partial charge in [0.1, 0.15) is 4.90 Å². The van der Waals surface area contributed by atoms with Crippen LogP contribution in [0.4, 0.5) is 5.69 Å². The zero-order valence-electron chi connectivity index (χ0n) is 11.5. The van der Waals surface area contributed by atoms with E-state index in [1.807, 2.05) is 0 Å². The minimum Gasteiger partial charge on any atom is -0.398 e. The Kier molecular flexibility index (Phi) is 3.50. The molecule has 9 heteroatoms. The second-order valence-corrected chi connectivity index (χ2v) is 6.92. The largest absolute Gasteiger partial charge is 0.398 e. The zero-order valence-corrected chi connectivity index (χ0v) is 13.1. The lowest BCUT2D eigenvalue weighted by molar-refractivity contribution is 0.583. The lowest BCUT2D eigenvalue weighted by atomic mass is 10.2. The predicted octanol–water partition coefficient (Wildman–Crippen LogP) is 1.16. The fourth-order valence-electron chi connectivity index (χ4n) is 2.21. The highest BCUT2D eigenvalue weighted by Crippen LogP contribution is 2.19. The van der Waals surface area contributed by atoms with E-state index in [2.05, 4.69) is 4.98 Å². The third-order valence-corrected chi connectivity index (χ3v) is 5.23. The van der Waals surface area contributed by atoms with Gasteiger partial charge >= 0.3 is 5.69 Å². The highest BCUT2D eigenvalue weighted by atomic mass is 35.5. The number of hydrogen-bond donors (Lipinski definition) is 2. The second-order valence-electron chi connectivity index (χ2n) is 4.73. The van der Waals surface area contributed by atoms with E-state index in [4.69, 9.17) is 17.3 Å². The summed E-state index contributed by atoms with van der Waals surface area (Å²) in [6.45, 7) is 0. The summed E-state index contributed by atoms with van der Waals surface area (Å²) < 4.78 is 25.4. The first kappa shape index (κ1) is 15.3. The molecule has 7 nitrogen and oxygen atoms in total. The van der Waals surface area contributed by atoms with Crippen molar-refractivity contribution in [3.63, 3.8) is 0 Å². The first-order valence-corrected chi connectivity index (χ1v) is 8.19. The summed E-state index contributed by atoms with van der Waals surface area (Å²) in [6, 6.07) is 9.73. The molecule has 0 aliphatic rings. The number of fused-ring (bicyclic) bond motifs is 1. The van der Waals surface area contributed by atoms with Gasteiger partial charge in [0, 0.05) is 5.02 Å². The number of benzene rings is 2. The van der Waals surface area contributed by atoms with E-state index in [0.29, 0.717) is 5.02 Å². The van der Waals surface area contributed by atoms with Gasteiger partial charge in [0.2, 0.25) is 0 Å². The number of halogens is 1. The molecule has 23 heavy (non-hydrogen) atoms.